The summed E-state index contributed by atoms with van der Waals surface area (Å²) in [6.07, 6.45) is 0. The van der Waals surface area contributed by atoms with Crippen molar-refractivity contribution in [3.8, 4) is 11.5 Å². The highest BCUT2D eigenvalue weighted by molar-refractivity contribution is 5.33. The van der Waals surface area contributed by atoms with Gasteiger partial charge in [-0.1, -0.05) is 30.3 Å². The average Bonchev–Trinajstić information content (AvgIpc) is 2.47. The molecule has 0 bridgehead atoms. The van der Waals surface area contributed by atoms with Crippen LogP contribution >= 0.6 is 0 Å². The van der Waals surface area contributed by atoms with Gasteiger partial charge in [0.15, 0.2) is 0 Å². The molecule has 0 atom stereocenters. The number of benzene rings is 2. The van der Waals surface area contributed by atoms with Crippen LogP contribution in [0.2, 0.25) is 0 Å². The minimum Gasteiger partial charge on any atom is -0.494 e. The molecule has 0 saturated carbocycles. The summed E-state index contributed by atoms with van der Waals surface area (Å²) in [5.74, 6) is 1.67. The third kappa shape index (κ3) is 4.28. The quantitative estimate of drug-likeness (QED) is 0.837. The molecular formula is C17H21NO2. The van der Waals surface area contributed by atoms with Gasteiger partial charge in [0.1, 0.15) is 18.1 Å². The molecule has 0 aromatic heterocycles. The van der Waals surface area contributed by atoms with E-state index < -0.39 is 0 Å². The number of nitrogens with one attached hydrogen (secondary N) is 1. The predicted molar refractivity (Wildman–Crippen MR) is 81.1 cm³/mol. The number of ether oxygens (including phenoxy) is 2. The second-order valence-electron chi connectivity index (χ2n) is 4.55. The van der Waals surface area contributed by atoms with E-state index >= 15 is 0 Å². The molecule has 106 valence electrons. The fourth-order valence-corrected chi connectivity index (χ4v) is 2.02. The van der Waals surface area contributed by atoms with Crippen molar-refractivity contribution in [1.29, 1.82) is 0 Å². The highest BCUT2D eigenvalue weighted by Gasteiger charge is 2.00. The monoisotopic (exact) mass is 271 g/mol. The van der Waals surface area contributed by atoms with Gasteiger partial charge in [0, 0.05) is 12.6 Å². The maximum Gasteiger partial charge on any atom is 0.123 e. The van der Waals surface area contributed by atoms with Crippen molar-refractivity contribution in [1.82, 2.24) is 5.32 Å². The lowest BCUT2D eigenvalue weighted by Crippen LogP contribution is -2.05. The molecule has 0 aliphatic heterocycles. The van der Waals surface area contributed by atoms with E-state index in [4.69, 9.17) is 9.47 Å². The summed E-state index contributed by atoms with van der Waals surface area (Å²) in [5.41, 5.74) is 2.43. The summed E-state index contributed by atoms with van der Waals surface area (Å²) in [6.45, 7) is 4.07. The van der Waals surface area contributed by atoms with Gasteiger partial charge in [0.05, 0.1) is 6.61 Å². The van der Waals surface area contributed by atoms with Gasteiger partial charge in [-0.25, -0.2) is 0 Å². The SMILES string of the molecule is CCOc1cccc(OCc2cccc(CNC)c2)c1. The molecule has 3 heteroatoms. The van der Waals surface area contributed by atoms with Crippen molar-refractivity contribution in [2.75, 3.05) is 13.7 Å². The van der Waals surface area contributed by atoms with Crippen LogP contribution in [0.15, 0.2) is 48.5 Å². The molecule has 0 aliphatic carbocycles. The standard InChI is InChI=1S/C17H21NO2/c1-3-19-16-8-5-9-17(11-16)20-13-15-7-4-6-14(10-15)12-18-2/h4-11,18H,3,12-13H2,1-2H3. The molecule has 0 fully saturated rings. The van der Waals surface area contributed by atoms with Gasteiger partial charge >= 0.3 is 0 Å². The predicted octanol–water partition coefficient (Wildman–Crippen LogP) is 3.38. The van der Waals surface area contributed by atoms with Gasteiger partial charge in [-0.15, -0.1) is 0 Å². The second-order valence-corrected chi connectivity index (χ2v) is 4.55. The zero-order valence-electron chi connectivity index (χ0n) is 12.1. The molecule has 1 N–H and O–H groups in total. The van der Waals surface area contributed by atoms with E-state index in [9.17, 15) is 0 Å². The molecule has 3 nitrogen and oxygen atoms in total. The fourth-order valence-electron chi connectivity index (χ4n) is 2.02. The molecule has 0 radical (unpaired) electrons. The van der Waals surface area contributed by atoms with Crippen LogP contribution in [-0.4, -0.2) is 13.7 Å². The Labute approximate surface area is 120 Å². The zero-order chi connectivity index (χ0) is 14.2. The first-order chi connectivity index (χ1) is 9.81. The summed E-state index contributed by atoms with van der Waals surface area (Å²) in [7, 11) is 1.95. The van der Waals surface area contributed by atoms with Crippen molar-refractivity contribution >= 4 is 0 Å². The van der Waals surface area contributed by atoms with Gasteiger partial charge < -0.3 is 14.8 Å². The van der Waals surface area contributed by atoms with E-state index in [2.05, 4.69) is 29.6 Å². The minimum absolute atomic E-state index is 0.563. The Bertz CT molecular complexity index is 491. The van der Waals surface area contributed by atoms with Crippen molar-refractivity contribution in [3.63, 3.8) is 0 Å². The first-order valence-corrected chi connectivity index (χ1v) is 6.90. The first kappa shape index (κ1) is 14.4. The van der Waals surface area contributed by atoms with E-state index in [1.807, 2.05) is 38.2 Å². The van der Waals surface area contributed by atoms with E-state index in [-0.39, 0.29) is 0 Å². The lowest BCUT2D eigenvalue weighted by molar-refractivity contribution is 0.299. The number of hydrogen-bond donors (Lipinski definition) is 1. The van der Waals surface area contributed by atoms with Gasteiger partial charge in [-0.05, 0) is 37.2 Å². The second kappa shape index (κ2) is 7.56. The highest BCUT2D eigenvalue weighted by atomic mass is 16.5. The van der Waals surface area contributed by atoms with Crippen LogP contribution in [0, 0.1) is 0 Å². The Hall–Kier alpha value is -2.00. The van der Waals surface area contributed by atoms with Crippen molar-refractivity contribution < 1.29 is 9.47 Å². The van der Waals surface area contributed by atoms with Gasteiger partial charge in [0.2, 0.25) is 0 Å². The Morgan fingerprint density at radius 3 is 2.35 bits per heavy atom. The van der Waals surface area contributed by atoms with E-state index in [0.29, 0.717) is 13.2 Å². The summed E-state index contributed by atoms with van der Waals surface area (Å²) < 4.78 is 11.3. The number of hydrogen-bond acceptors (Lipinski definition) is 3. The highest BCUT2D eigenvalue weighted by Crippen LogP contribution is 2.20. The van der Waals surface area contributed by atoms with Crippen LogP contribution in [0.4, 0.5) is 0 Å². The van der Waals surface area contributed by atoms with Gasteiger partial charge in [0.25, 0.3) is 0 Å². The summed E-state index contributed by atoms with van der Waals surface area (Å²) in [6, 6.07) is 16.1. The summed E-state index contributed by atoms with van der Waals surface area (Å²) in [4.78, 5) is 0. The average molecular weight is 271 g/mol. The molecular weight excluding hydrogens is 250 g/mol. The molecule has 0 unspecified atom stereocenters. The lowest BCUT2D eigenvalue weighted by atomic mass is 10.1. The molecule has 0 amide bonds. The van der Waals surface area contributed by atoms with E-state index in [0.717, 1.165) is 18.0 Å². The Morgan fingerprint density at radius 1 is 0.900 bits per heavy atom. The molecule has 0 heterocycles. The van der Waals surface area contributed by atoms with Gasteiger partial charge in [-0.2, -0.15) is 0 Å². The Balaban J connectivity index is 1.97. The lowest BCUT2D eigenvalue weighted by Gasteiger charge is -2.09. The summed E-state index contributed by atoms with van der Waals surface area (Å²) in [5, 5.41) is 3.15. The van der Waals surface area contributed by atoms with Crippen molar-refractivity contribution in [3.05, 3.63) is 59.7 Å². The first-order valence-electron chi connectivity index (χ1n) is 6.90. The molecule has 0 aliphatic rings. The fraction of sp³-hybridized carbons (Fsp3) is 0.294. The van der Waals surface area contributed by atoms with E-state index in [1.165, 1.54) is 11.1 Å². The molecule has 0 saturated heterocycles. The maximum absolute atomic E-state index is 5.81. The maximum atomic E-state index is 5.81. The van der Waals surface area contributed by atoms with Crippen LogP contribution in [0.5, 0.6) is 11.5 Å². The molecule has 0 spiro atoms. The smallest absolute Gasteiger partial charge is 0.123 e. The van der Waals surface area contributed by atoms with Crippen LogP contribution < -0.4 is 14.8 Å². The molecule has 2 aromatic carbocycles. The molecule has 2 rings (SSSR count). The summed E-state index contributed by atoms with van der Waals surface area (Å²) >= 11 is 0. The van der Waals surface area contributed by atoms with Crippen molar-refractivity contribution in [2.24, 2.45) is 0 Å². The molecule has 2 aromatic rings. The van der Waals surface area contributed by atoms with Crippen LogP contribution in [0.3, 0.4) is 0 Å². The third-order valence-corrected chi connectivity index (χ3v) is 2.89. The normalized spacial score (nSPS) is 10.3. The van der Waals surface area contributed by atoms with Crippen LogP contribution in [0.1, 0.15) is 18.1 Å². The van der Waals surface area contributed by atoms with Crippen LogP contribution in [-0.2, 0) is 13.2 Å². The van der Waals surface area contributed by atoms with Gasteiger partial charge in [-0.3, -0.25) is 0 Å². The topological polar surface area (TPSA) is 30.5 Å². The Kier molecular flexibility index (Phi) is 5.44. The van der Waals surface area contributed by atoms with Crippen LogP contribution in [0.25, 0.3) is 0 Å². The molecule has 20 heavy (non-hydrogen) atoms. The number of rotatable bonds is 7. The minimum atomic E-state index is 0.563. The Morgan fingerprint density at radius 2 is 1.60 bits per heavy atom. The van der Waals surface area contributed by atoms with Crippen molar-refractivity contribution in [2.45, 2.75) is 20.1 Å². The largest absolute Gasteiger partial charge is 0.494 e. The zero-order valence-corrected chi connectivity index (χ0v) is 12.1. The van der Waals surface area contributed by atoms with E-state index in [1.54, 1.807) is 0 Å². The third-order valence-electron chi connectivity index (χ3n) is 2.89.